The maximum absolute atomic E-state index is 11.3. The van der Waals surface area contributed by atoms with Crippen molar-refractivity contribution >= 4 is 0 Å². The van der Waals surface area contributed by atoms with Crippen molar-refractivity contribution in [3.8, 4) is 0 Å². The highest BCUT2D eigenvalue weighted by atomic mass is 16.8. The van der Waals surface area contributed by atoms with Crippen LogP contribution in [0, 0.1) is 59.2 Å². The van der Waals surface area contributed by atoms with E-state index in [-0.39, 0.29) is 102 Å². The third kappa shape index (κ3) is 9.80. The fourth-order valence-electron chi connectivity index (χ4n) is 10.9. The van der Waals surface area contributed by atoms with Crippen LogP contribution in [0.4, 0.5) is 0 Å². The van der Waals surface area contributed by atoms with E-state index in [1.54, 1.807) is 7.11 Å². The molecule has 57 heavy (non-hydrogen) atoms. The molecule has 5 aliphatic heterocycles. The van der Waals surface area contributed by atoms with Crippen LogP contribution in [-0.2, 0) is 47.4 Å². The van der Waals surface area contributed by atoms with Gasteiger partial charge in [0.15, 0.2) is 31.5 Å². The van der Waals surface area contributed by atoms with Crippen molar-refractivity contribution in [3.63, 3.8) is 0 Å². The minimum Gasteiger partial charge on any atom is -0.388 e. The number of aliphatic hydroxyl groups excluding tert-OH is 1. The van der Waals surface area contributed by atoms with Crippen LogP contribution in [0.25, 0.3) is 0 Å². The summed E-state index contributed by atoms with van der Waals surface area (Å²) in [6.07, 6.45) is -0.439. The maximum atomic E-state index is 11.3. The van der Waals surface area contributed by atoms with Gasteiger partial charge in [0.05, 0.1) is 42.7 Å². The first-order valence-corrected chi connectivity index (χ1v) is 23.2. The summed E-state index contributed by atoms with van der Waals surface area (Å²) in [4.78, 5) is 0. The minimum absolute atomic E-state index is 0.0317. The van der Waals surface area contributed by atoms with Crippen LogP contribution in [0.5, 0.6) is 0 Å². The molecule has 11 nitrogen and oxygen atoms in total. The molecule has 11 heteroatoms. The van der Waals surface area contributed by atoms with E-state index in [0.29, 0.717) is 5.92 Å². The average molecular weight is 813 g/mol. The van der Waals surface area contributed by atoms with E-state index < -0.39 is 43.7 Å². The summed E-state index contributed by atoms with van der Waals surface area (Å²) in [5, 5.41) is 11.3. The molecule has 0 radical (unpaired) electrons. The molecule has 25 atom stereocenters. The summed E-state index contributed by atoms with van der Waals surface area (Å²) in [6.45, 7) is 32.8. The van der Waals surface area contributed by atoms with E-state index in [1.165, 1.54) is 0 Å². The molecule has 5 fully saturated rings. The quantitative estimate of drug-likeness (QED) is 0.182. The van der Waals surface area contributed by atoms with Gasteiger partial charge >= 0.3 is 0 Å². The third-order valence-electron chi connectivity index (χ3n) is 15.7. The van der Waals surface area contributed by atoms with Crippen molar-refractivity contribution in [2.45, 2.75) is 228 Å². The Morgan fingerprint density at radius 2 is 0.632 bits per heavy atom. The van der Waals surface area contributed by atoms with Crippen molar-refractivity contribution in [3.05, 3.63) is 0 Å². The van der Waals surface area contributed by atoms with Gasteiger partial charge in [0.25, 0.3) is 0 Å². The van der Waals surface area contributed by atoms with Crippen LogP contribution in [0.2, 0.25) is 0 Å². The monoisotopic (exact) mass is 813 g/mol. The first-order chi connectivity index (χ1) is 27.1. The fraction of sp³-hybridized carbons (Fsp3) is 1.00. The Kier molecular flexibility index (Phi) is 17.2. The molecule has 0 aromatic carbocycles. The van der Waals surface area contributed by atoms with Gasteiger partial charge in [-0.3, -0.25) is 0 Å². The Labute approximate surface area is 346 Å². The summed E-state index contributed by atoms with van der Waals surface area (Å²) in [7, 11) is 1.69. The van der Waals surface area contributed by atoms with Gasteiger partial charge in [0.1, 0.15) is 18.3 Å². The highest BCUT2D eigenvalue weighted by Crippen LogP contribution is 2.45. The lowest BCUT2D eigenvalue weighted by atomic mass is 9.80. The third-order valence-corrected chi connectivity index (χ3v) is 15.7. The SMILES string of the molecule is CCC1O[C@H](O[C@@H]2C(C)[C@@H](O[C@@H]3C(C)[C@@H](OC4[C@@H](OC5[C@@H](OC)OC(CC)[C@@H](C)[C@@H]5C)OC(CC)[C@@H](C)[C@@H]4C)OC(CC)[C@H]3C)OC(CC)[C@H]2C)C(O)[C@@H](C)[C@@H]1C. The molecule has 10 unspecified atom stereocenters. The predicted octanol–water partition coefficient (Wildman–Crippen LogP) is 8.57. The molecule has 0 spiro atoms. The summed E-state index contributed by atoms with van der Waals surface area (Å²) >= 11 is 0. The van der Waals surface area contributed by atoms with E-state index in [9.17, 15) is 5.11 Å². The van der Waals surface area contributed by atoms with Crippen LogP contribution in [0.1, 0.15) is 136 Å². The molecule has 0 aromatic heterocycles. The molecule has 0 bridgehead atoms. The van der Waals surface area contributed by atoms with Crippen molar-refractivity contribution in [2.75, 3.05) is 7.11 Å². The zero-order valence-electron chi connectivity index (χ0n) is 38.5. The van der Waals surface area contributed by atoms with E-state index in [4.69, 9.17) is 47.4 Å². The van der Waals surface area contributed by atoms with Crippen molar-refractivity contribution in [2.24, 2.45) is 59.2 Å². The van der Waals surface area contributed by atoms with Gasteiger partial charge < -0.3 is 52.5 Å². The lowest BCUT2D eigenvalue weighted by Gasteiger charge is -2.52. The van der Waals surface area contributed by atoms with Gasteiger partial charge in [-0.1, -0.05) is 104 Å². The van der Waals surface area contributed by atoms with Crippen molar-refractivity contribution < 1.29 is 52.5 Å². The van der Waals surface area contributed by atoms with Gasteiger partial charge in [-0.2, -0.15) is 0 Å². The van der Waals surface area contributed by atoms with Gasteiger partial charge in [0, 0.05) is 30.8 Å². The summed E-state index contributed by atoms with van der Waals surface area (Å²) in [5.41, 5.74) is 0. The van der Waals surface area contributed by atoms with Crippen LogP contribution in [0.15, 0.2) is 0 Å². The zero-order valence-corrected chi connectivity index (χ0v) is 38.5. The second kappa shape index (κ2) is 20.6. The number of methoxy groups -OCH3 is 1. The van der Waals surface area contributed by atoms with Gasteiger partial charge in [-0.15, -0.1) is 0 Å². The summed E-state index contributed by atoms with van der Waals surface area (Å²) < 4.78 is 67.4. The van der Waals surface area contributed by atoms with Gasteiger partial charge in [-0.25, -0.2) is 0 Å². The van der Waals surface area contributed by atoms with Gasteiger partial charge in [-0.05, 0) is 67.6 Å². The first-order valence-electron chi connectivity index (χ1n) is 23.2. The Morgan fingerprint density at radius 3 is 1.05 bits per heavy atom. The molecule has 1 N–H and O–H groups in total. The normalized spacial score (nSPS) is 52.5. The van der Waals surface area contributed by atoms with Crippen LogP contribution >= 0.6 is 0 Å². The van der Waals surface area contributed by atoms with Crippen molar-refractivity contribution in [1.29, 1.82) is 0 Å². The van der Waals surface area contributed by atoms with Crippen LogP contribution in [0.3, 0.4) is 0 Å². The molecule has 5 rings (SSSR count). The number of ether oxygens (including phenoxy) is 10. The summed E-state index contributed by atoms with van der Waals surface area (Å²) in [6, 6.07) is 0. The number of aliphatic hydroxyl groups is 1. The smallest absolute Gasteiger partial charge is 0.185 e. The predicted molar refractivity (Wildman–Crippen MR) is 219 cm³/mol. The van der Waals surface area contributed by atoms with Crippen LogP contribution in [-0.4, -0.2) is 105 Å². The molecule has 334 valence electrons. The second-order valence-corrected chi connectivity index (χ2v) is 19.0. The van der Waals surface area contributed by atoms with Gasteiger partial charge in [0.2, 0.25) is 0 Å². The van der Waals surface area contributed by atoms with E-state index in [1.807, 2.05) is 0 Å². The molecule has 0 amide bonds. The molecular formula is C46H84O11. The van der Waals surface area contributed by atoms with Crippen molar-refractivity contribution in [1.82, 2.24) is 0 Å². The van der Waals surface area contributed by atoms with E-state index in [2.05, 4.69) is 104 Å². The fourth-order valence-corrected chi connectivity index (χ4v) is 10.9. The number of hydrogen-bond acceptors (Lipinski definition) is 11. The highest BCUT2D eigenvalue weighted by molar-refractivity contribution is 4.94. The molecule has 5 saturated heterocycles. The Balaban J connectivity index is 1.37. The standard InChI is InChI=1S/C46H84O11/c1-17-32-22(6)25(9)37(47)44(51-32)55-39-29(13)36(21-5)49-42(31(39)15)54-38-28(12)35(20-4)50-43(30(38)14)56-41-27(11)24(8)34(19-3)53-46(41)57-40-26(10)23(7)33(18-2)52-45(40)48-16/h22-47H,17-21H2,1-16H3/t22-,23-,24-,25-,26-,27-,28+,29+,30?,31?,32?,33?,34?,35?,36?,37?,38-,39-,40?,41?,42+,43+,44+,45-,46+/m0/s1. The maximum Gasteiger partial charge on any atom is 0.185 e. The molecule has 0 aromatic rings. The summed E-state index contributed by atoms with van der Waals surface area (Å²) in [5.74, 6) is 1.10. The lowest BCUT2D eigenvalue weighted by molar-refractivity contribution is -0.379. The second-order valence-electron chi connectivity index (χ2n) is 19.0. The topological polar surface area (TPSA) is 113 Å². The number of hydrogen-bond donors (Lipinski definition) is 1. The molecule has 0 saturated carbocycles. The molecule has 5 aliphatic rings. The van der Waals surface area contributed by atoms with E-state index in [0.717, 1.165) is 32.1 Å². The first kappa shape index (κ1) is 47.6. The zero-order chi connectivity index (χ0) is 42.0. The molecule has 5 heterocycles. The highest BCUT2D eigenvalue weighted by Gasteiger charge is 2.53. The lowest BCUT2D eigenvalue weighted by Crippen LogP contribution is -2.60. The Hall–Kier alpha value is -0.440. The average Bonchev–Trinajstić information content (AvgIpc) is 3.20. The Morgan fingerprint density at radius 1 is 0.333 bits per heavy atom. The Bertz CT molecular complexity index is 1200. The van der Waals surface area contributed by atoms with E-state index >= 15 is 0 Å². The number of rotatable bonds is 14. The van der Waals surface area contributed by atoms with Crippen LogP contribution < -0.4 is 0 Å². The molecule has 0 aliphatic carbocycles. The minimum atomic E-state index is -0.705. The largest absolute Gasteiger partial charge is 0.388 e. The molecular weight excluding hydrogens is 728 g/mol.